The van der Waals surface area contributed by atoms with Crippen LogP contribution in [0.2, 0.25) is 0 Å². The summed E-state index contributed by atoms with van der Waals surface area (Å²) < 4.78 is 7.89. The minimum Gasteiger partial charge on any atom is -0.0654 e. The van der Waals surface area contributed by atoms with Crippen molar-refractivity contribution in [1.29, 1.82) is 0 Å². The summed E-state index contributed by atoms with van der Waals surface area (Å²) in [5.41, 5.74) is 1.15. The van der Waals surface area contributed by atoms with Crippen molar-refractivity contribution in [1.82, 2.24) is 0 Å². The molecule has 0 saturated heterocycles. The number of hydrogen-bond donors (Lipinski definition) is 0. The molecule has 0 heterocycles. The maximum Gasteiger partial charge on any atom is 0.0316 e. The zero-order chi connectivity index (χ0) is 9.52. The average Bonchev–Trinajstić information content (AvgIpc) is 2.19. The highest BCUT2D eigenvalue weighted by Crippen LogP contribution is 2.06. The topological polar surface area (TPSA) is 0 Å². The van der Waals surface area contributed by atoms with Crippen LogP contribution in [-0.2, 0) is 6.40 Å². The summed E-state index contributed by atoms with van der Waals surface area (Å²) in [5.74, 6) is 0. The van der Waals surface area contributed by atoms with Gasteiger partial charge >= 0.3 is 0 Å². The predicted molar refractivity (Wildman–Crippen MR) is 54.3 cm³/mol. The molecule has 0 amide bonds. The first-order chi connectivity index (χ1) is 6.34. The third kappa shape index (κ3) is 3.56. The van der Waals surface area contributed by atoms with Gasteiger partial charge in [0.1, 0.15) is 0 Å². The van der Waals surface area contributed by atoms with Gasteiger partial charge in [0.15, 0.2) is 0 Å². The Bertz CT molecular complexity index is 218. The SMILES string of the molecule is [2H]C(CCCCC)c1ccccc1. The molecule has 0 nitrogen and oxygen atoms in total. The van der Waals surface area contributed by atoms with Crippen molar-refractivity contribution in [3.05, 3.63) is 35.9 Å². The van der Waals surface area contributed by atoms with Gasteiger partial charge in [-0.25, -0.2) is 0 Å². The Labute approximate surface area is 77.0 Å². The van der Waals surface area contributed by atoms with Gasteiger partial charge in [0.2, 0.25) is 0 Å². The molecule has 0 fully saturated rings. The van der Waals surface area contributed by atoms with Crippen LogP contribution < -0.4 is 0 Å². The summed E-state index contributed by atoms with van der Waals surface area (Å²) in [5, 5.41) is 0. The number of benzene rings is 1. The van der Waals surface area contributed by atoms with E-state index in [1.165, 1.54) is 19.3 Å². The van der Waals surface area contributed by atoms with E-state index in [0.717, 1.165) is 12.0 Å². The van der Waals surface area contributed by atoms with Gasteiger partial charge in [-0.1, -0.05) is 56.5 Å². The van der Waals surface area contributed by atoms with Gasteiger partial charge in [0.25, 0.3) is 0 Å². The molecule has 12 heavy (non-hydrogen) atoms. The van der Waals surface area contributed by atoms with Gasteiger partial charge in [-0.15, -0.1) is 0 Å². The van der Waals surface area contributed by atoms with Crippen LogP contribution in [-0.4, -0.2) is 0 Å². The maximum atomic E-state index is 7.89. The lowest BCUT2D eigenvalue weighted by Crippen LogP contribution is -1.84. The van der Waals surface area contributed by atoms with Crippen molar-refractivity contribution in [2.24, 2.45) is 0 Å². The van der Waals surface area contributed by atoms with Crippen LogP contribution in [0.15, 0.2) is 30.3 Å². The van der Waals surface area contributed by atoms with Crippen LogP contribution >= 0.6 is 0 Å². The molecule has 1 atom stereocenters. The first-order valence-corrected chi connectivity index (χ1v) is 4.81. The number of hydrogen-bond acceptors (Lipinski definition) is 0. The van der Waals surface area contributed by atoms with Gasteiger partial charge in [-0.2, -0.15) is 0 Å². The molecule has 0 aliphatic heterocycles. The highest BCUT2D eigenvalue weighted by Gasteiger charge is 1.90. The fraction of sp³-hybridized carbons (Fsp3) is 0.500. The second kappa shape index (κ2) is 5.82. The van der Waals surface area contributed by atoms with E-state index in [2.05, 4.69) is 6.92 Å². The molecule has 0 aliphatic carbocycles. The van der Waals surface area contributed by atoms with Gasteiger partial charge < -0.3 is 0 Å². The average molecular weight is 163 g/mol. The third-order valence-electron chi connectivity index (χ3n) is 1.99. The summed E-state index contributed by atoms with van der Waals surface area (Å²) in [4.78, 5) is 0. The standard InChI is InChI=1S/C12H18/c1-2-3-4-6-9-12-10-7-5-8-11-12/h5,7-8,10-11H,2-4,6,9H2,1H3/i9D. The van der Waals surface area contributed by atoms with Crippen LogP contribution in [0.5, 0.6) is 0 Å². The van der Waals surface area contributed by atoms with E-state index >= 15 is 0 Å². The molecule has 0 heteroatoms. The van der Waals surface area contributed by atoms with E-state index in [1.807, 2.05) is 30.3 Å². The van der Waals surface area contributed by atoms with Crippen molar-refractivity contribution in [2.45, 2.75) is 39.0 Å². The Hall–Kier alpha value is -0.780. The predicted octanol–water partition coefficient (Wildman–Crippen LogP) is 3.81. The first-order valence-electron chi connectivity index (χ1n) is 5.39. The van der Waals surface area contributed by atoms with Crippen LogP contribution in [0, 0.1) is 0 Å². The molecular weight excluding hydrogens is 144 g/mol. The van der Waals surface area contributed by atoms with Gasteiger partial charge in [0, 0.05) is 1.37 Å². The molecule has 0 aromatic heterocycles. The lowest BCUT2D eigenvalue weighted by atomic mass is 10.1. The van der Waals surface area contributed by atoms with Crippen molar-refractivity contribution in [3.63, 3.8) is 0 Å². The van der Waals surface area contributed by atoms with Gasteiger partial charge in [-0.3, -0.25) is 0 Å². The Morgan fingerprint density at radius 3 is 2.50 bits per heavy atom. The zero-order valence-electron chi connectivity index (χ0n) is 8.79. The molecular formula is C12H18. The molecule has 0 radical (unpaired) electrons. The molecule has 0 aliphatic rings. The van der Waals surface area contributed by atoms with Crippen molar-refractivity contribution in [3.8, 4) is 0 Å². The van der Waals surface area contributed by atoms with E-state index < -0.39 is 0 Å². The summed E-state index contributed by atoms with van der Waals surface area (Å²) >= 11 is 0. The molecule has 1 rings (SSSR count). The lowest BCUT2D eigenvalue weighted by Gasteiger charge is -1.99. The van der Waals surface area contributed by atoms with E-state index in [1.54, 1.807) is 0 Å². The number of unbranched alkanes of at least 4 members (excludes halogenated alkanes) is 2. The summed E-state index contributed by atoms with van der Waals surface area (Å²) in [6.45, 7) is 2.20. The van der Waals surface area contributed by atoms with Crippen LogP contribution in [0.1, 0.15) is 39.5 Å². The van der Waals surface area contributed by atoms with E-state index in [9.17, 15) is 0 Å². The number of rotatable bonds is 5. The van der Waals surface area contributed by atoms with Crippen molar-refractivity contribution >= 4 is 0 Å². The molecule has 1 unspecified atom stereocenters. The fourth-order valence-electron chi connectivity index (χ4n) is 1.25. The van der Waals surface area contributed by atoms with Crippen LogP contribution in [0.4, 0.5) is 0 Å². The molecule has 0 N–H and O–H groups in total. The second-order valence-electron chi connectivity index (χ2n) is 3.11. The van der Waals surface area contributed by atoms with Gasteiger partial charge in [0.05, 0.1) is 0 Å². The fourth-order valence-corrected chi connectivity index (χ4v) is 1.25. The highest BCUT2D eigenvalue weighted by molar-refractivity contribution is 5.14. The molecule has 1 aromatic rings. The number of aryl methyl sites for hydroxylation is 1. The van der Waals surface area contributed by atoms with Crippen LogP contribution in [0.25, 0.3) is 0 Å². The quantitative estimate of drug-likeness (QED) is 0.579. The van der Waals surface area contributed by atoms with E-state index in [4.69, 9.17) is 1.37 Å². The summed E-state index contributed by atoms with van der Waals surface area (Å²) in [6, 6.07) is 10.1. The van der Waals surface area contributed by atoms with Gasteiger partial charge in [-0.05, 0) is 18.4 Å². The zero-order valence-corrected chi connectivity index (χ0v) is 7.79. The normalized spacial score (nSPS) is 13.9. The largest absolute Gasteiger partial charge is 0.0654 e. The summed E-state index contributed by atoms with van der Waals surface area (Å²) in [6.07, 6.45) is 4.65. The smallest absolute Gasteiger partial charge is 0.0316 e. The van der Waals surface area contributed by atoms with Crippen molar-refractivity contribution in [2.75, 3.05) is 0 Å². The lowest BCUT2D eigenvalue weighted by molar-refractivity contribution is 0.667. The Morgan fingerprint density at radius 1 is 1.08 bits per heavy atom. The second-order valence-corrected chi connectivity index (χ2v) is 3.11. The molecule has 0 bridgehead atoms. The maximum absolute atomic E-state index is 7.89. The molecule has 0 spiro atoms. The van der Waals surface area contributed by atoms with Crippen molar-refractivity contribution < 1.29 is 1.37 Å². The minimum absolute atomic E-state index is 0.0206. The minimum atomic E-state index is -0.0206. The Morgan fingerprint density at radius 2 is 1.83 bits per heavy atom. The Balaban J connectivity index is 2.35. The first kappa shape index (κ1) is 7.85. The summed E-state index contributed by atoms with van der Waals surface area (Å²) in [7, 11) is 0. The Kier molecular flexibility index (Phi) is 3.80. The third-order valence-corrected chi connectivity index (χ3v) is 1.99. The highest BCUT2D eigenvalue weighted by atomic mass is 14.0. The molecule has 1 aromatic carbocycles. The monoisotopic (exact) mass is 163 g/mol. The van der Waals surface area contributed by atoms with E-state index in [-0.39, 0.29) is 6.40 Å². The molecule has 0 saturated carbocycles. The van der Waals surface area contributed by atoms with Crippen LogP contribution in [0.3, 0.4) is 0 Å². The van der Waals surface area contributed by atoms with E-state index in [0.29, 0.717) is 0 Å². The molecule has 66 valence electrons.